The van der Waals surface area contributed by atoms with Crippen molar-refractivity contribution in [2.24, 2.45) is 5.92 Å². The predicted molar refractivity (Wildman–Crippen MR) is 130 cm³/mol. The van der Waals surface area contributed by atoms with Crippen LogP contribution in [0.5, 0.6) is 5.75 Å². The molecule has 182 valence electrons. The molecule has 0 aliphatic carbocycles. The molecule has 0 spiro atoms. The molecule has 9 nitrogen and oxygen atoms in total. The second kappa shape index (κ2) is 10.1. The van der Waals surface area contributed by atoms with Crippen LogP contribution in [0.15, 0.2) is 47.4 Å². The lowest BCUT2D eigenvalue weighted by molar-refractivity contribution is -0.120. The summed E-state index contributed by atoms with van der Waals surface area (Å²) in [7, 11) is -3.68. The van der Waals surface area contributed by atoms with Gasteiger partial charge in [-0.05, 0) is 75.6 Å². The number of aromatic nitrogens is 3. The van der Waals surface area contributed by atoms with Gasteiger partial charge in [0.15, 0.2) is 0 Å². The third kappa shape index (κ3) is 4.92. The Labute approximate surface area is 200 Å². The van der Waals surface area contributed by atoms with Gasteiger partial charge in [-0.25, -0.2) is 13.1 Å². The van der Waals surface area contributed by atoms with Crippen molar-refractivity contribution in [3.63, 3.8) is 0 Å². The number of rotatable bonds is 8. The van der Waals surface area contributed by atoms with E-state index < -0.39 is 10.0 Å². The average Bonchev–Trinajstić information content (AvgIpc) is 3.28. The molecular formula is C24H31N5O4S. The van der Waals surface area contributed by atoms with Gasteiger partial charge in [-0.15, -0.1) is 5.10 Å². The van der Waals surface area contributed by atoms with E-state index in [0.717, 1.165) is 17.7 Å². The van der Waals surface area contributed by atoms with E-state index >= 15 is 0 Å². The first-order valence-electron chi connectivity index (χ1n) is 11.7. The van der Waals surface area contributed by atoms with Crippen LogP contribution in [0.25, 0.3) is 11.0 Å². The summed E-state index contributed by atoms with van der Waals surface area (Å²) in [4.78, 5) is 12.9. The van der Waals surface area contributed by atoms with Crippen molar-refractivity contribution in [1.82, 2.24) is 19.3 Å². The first-order chi connectivity index (χ1) is 16.3. The quantitative estimate of drug-likeness (QED) is 0.520. The molecule has 1 aliphatic rings. The highest BCUT2D eigenvalue weighted by Gasteiger charge is 2.32. The van der Waals surface area contributed by atoms with Crippen LogP contribution in [0.3, 0.4) is 0 Å². The molecule has 3 aromatic rings. The molecule has 2 aromatic carbocycles. The second-order valence-electron chi connectivity index (χ2n) is 8.57. The number of anilines is 1. The molecule has 0 saturated carbocycles. The molecule has 0 bridgehead atoms. The number of nitrogens with zero attached hydrogens (tertiary/aromatic N) is 4. The predicted octanol–water partition coefficient (Wildman–Crippen LogP) is 3.84. The van der Waals surface area contributed by atoms with Gasteiger partial charge in [0, 0.05) is 24.7 Å². The Morgan fingerprint density at radius 3 is 2.50 bits per heavy atom. The maximum absolute atomic E-state index is 13.2. The minimum absolute atomic E-state index is 0.0933. The maximum Gasteiger partial charge on any atom is 0.243 e. The van der Waals surface area contributed by atoms with Crippen LogP contribution in [0.2, 0.25) is 0 Å². The van der Waals surface area contributed by atoms with Crippen LogP contribution in [0.1, 0.15) is 46.1 Å². The van der Waals surface area contributed by atoms with E-state index in [2.05, 4.69) is 29.5 Å². The van der Waals surface area contributed by atoms with Crippen LogP contribution < -0.4 is 10.1 Å². The second-order valence-corrected chi connectivity index (χ2v) is 10.5. The van der Waals surface area contributed by atoms with Gasteiger partial charge in [-0.2, -0.15) is 4.31 Å². The minimum Gasteiger partial charge on any atom is -0.494 e. The highest BCUT2D eigenvalue weighted by Crippen LogP contribution is 2.27. The van der Waals surface area contributed by atoms with E-state index in [4.69, 9.17) is 4.74 Å². The summed E-state index contributed by atoms with van der Waals surface area (Å²) in [5.41, 5.74) is 2.08. The SMILES string of the molecule is CCOc1ccc(NC(=O)C2CCN(S(=O)(=O)c3ccc4c(c3)nnn4[C@H](C)CC)CC2)cc1. The van der Waals surface area contributed by atoms with Gasteiger partial charge in [0.1, 0.15) is 11.3 Å². The largest absolute Gasteiger partial charge is 0.494 e. The standard InChI is InChI=1S/C24H31N5O4S/c1-4-17(3)29-23-11-10-21(16-22(23)26-27-29)34(31,32)28-14-12-18(13-15-28)24(30)25-19-6-8-20(9-7-19)33-5-2/h6-11,16-18H,4-5,12-15H2,1-3H3,(H,25,30)/t17-/m1/s1. The number of hydrogen-bond acceptors (Lipinski definition) is 6. The Balaban J connectivity index is 1.39. The summed E-state index contributed by atoms with van der Waals surface area (Å²) in [5, 5.41) is 11.3. The van der Waals surface area contributed by atoms with E-state index in [1.165, 1.54) is 4.31 Å². The summed E-state index contributed by atoms with van der Waals surface area (Å²) in [6.45, 7) is 7.20. The number of sulfonamides is 1. The molecule has 1 N–H and O–H groups in total. The normalized spacial score (nSPS) is 16.4. The fourth-order valence-corrected chi connectivity index (χ4v) is 5.62. The summed E-state index contributed by atoms with van der Waals surface area (Å²) in [5.74, 6) is 0.417. The third-order valence-corrected chi connectivity index (χ3v) is 8.24. The highest BCUT2D eigenvalue weighted by molar-refractivity contribution is 7.89. The maximum atomic E-state index is 13.2. The number of ether oxygens (including phenoxy) is 1. The highest BCUT2D eigenvalue weighted by atomic mass is 32.2. The van der Waals surface area contributed by atoms with Crippen molar-refractivity contribution >= 4 is 32.7 Å². The first-order valence-corrected chi connectivity index (χ1v) is 13.2. The fourth-order valence-electron chi connectivity index (χ4n) is 4.13. The lowest BCUT2D eigenvalue weighted by Crippen LogP contribution is -2.41. The van der Waals surface area contributed by atoms with Crippen LogP contribution in [0.4, 0.5) is 5.69 Å². The molecule has 1 aliphatic heterocycles. The third-order valence-electron chi connectivity index (χ3n) is 6.35. The molecule has 1 aromatic heterocycles. The Hall–Kier alpha value is -2.98. The number of carbonyl (C=O) groups excluding carboxylic acids is 1. The van der Waals surface area contributed by atoms with Gasteiger partial charge in [0.05, 0.1) is 23.1 Å². The molecule has 34 heavy (non-hydrogen) atoms. The molecule has 0 unspecified atom stereocenters. The molecule has 1 amide bonds. The number of piperidine rings is 1. The van der Waals surface area contributed by atoms with Crippen molar-refractivity contribution in [3.8, 4) is 5.75 Å². The molecular weight excluding hydrogens is 454 g/mol. The van der Waals surface area contributed by atoms with Crippen LogP contribution in [-0.4, -0.2) is 53.3 Å². The van der Waals surface area contributed by atoms with Crippen LogP contribution >= 0.6 is 0 Å². The van der Waals surface area contributed by atoms with Crippen molar-refractivity contribution in [2.75, 3.05) is 25.0 Å². The Kier molecular flexibility index (Phi) is 7.18. The van der Waals surface area contributed by atoms with Crippen molar-refractivity contribution in [2.45, 2.75) is 51.0 Å². The zero-order valence-electron chi connectivity index (χ0n) is 19.8. The zero-order chi connectivity index (χ0) is 24.3. The van der Waals surface area contributed by atoms with Gasteiger partial charge in [0.2, 0.25) is 15.9 Å². The van der Waals surface area contributed by atoms with E-state index in [1.54, 1.807) is 30.3 Å². The fraction of sp³-hybridized carbons (Fsp3) is 0.458. The van der Waals surface area contributed by atoms with E-state index in [0.29, 0.717) is 43.7 Å². The zero-order valence-corrected chi connectivity index (χ0v) is 20.6. The van der Waals surface area contributed by atoms with Gasteiger partial charge in [-0.1, -0.05) is 12.1 Å². The van der Waals surface area contributed by atoms with E-state index in [9.17, 15) is 13.2 Å². The Morgan fingerprint density at radius 1 is 1.15 bits per heavy atom. The van der Waals surface area contributed by atoms with E-state index in [1.807, 2.05) is 23.7 Å². The van der Waals surface area contributed by atoms with Gasteiger partial charge in [0.25, 0.3) is 0 Å². The Bertz CT molecular complexity index is 1250. The molecule has 1 fully saturated rings. The molecule has 10 heteroatoms. The molecule has 1 saturated heterocycles. The summed E-state index contributed by atoms with van der Waals surface area (Å²) in [6.07, 6.45) is 1.84. The van der Waals surface area contributed by atoms with Crippen LogP contribution in [0, 0.1) is 5.92 Å². The van der Waals surface area contributed by atoms with Gasteiger partial charge < -0.3 is 10.1 Å². The Morgan fingerprint density at radius 2 is 1.85 bits per heavy atom. The van der Waals surface area contributed by atoms with Crippen molar-refractivity contribution in [1.29, 1.82) is 0 Å². The molecule has 2 heterocycles. The van der Waals surface area contributed by atoms with Crippen LogP contribution in [-0.2, 0) is 14.8 Å². The lowest BCUT2D eigenvalue weighted by Gasteiger charge is -2.30. The van der Waals surface area contributed by atoms with Crippen molar-refractivity contribution in [3.05, 3.63) is 42.5 Å². The number of benzene rings is 2. The number of nitrogens with one attached hydrogen (secondary N) is 1. The van der Waals surface area contributed by atoms with Crippen molar-refractivity contribution < 1.29 is 17.9 Å². The topological polar surface area (TPSA) is 106 Å². The average molecular weight is 486 g/mol. The number of hydrogen-bond donors (Lipinski definition) is 1. The number of carbonyl (C=O) groups is 1. The van der Waals surface area contributed by atoms with Gasteiger partial charge in [-0.3, -0.25) is 4.79 Å². The molecule has 4 rings (SSSR count). The van der Waals surface area contributed by atoms with E-state index in [-0.39, 0.29) is 22.8 Å². The molecule has 1 atom stereocenters. The minimum atomic E-state index is -3.68. The summed E-state index contributed by atoms with van der Waals surface area (Å²) < 4.78 is 35.2. The monoisotopic (exact) mass is 485 g/mol. The summed E-state index contributed by atoms with van der Waals surface area (Å²) in [6, 6.07) is 12.4. The lowest BCUT2D eigenvalue weighted by atomic mass is 9.97. The first kappa shape index (κ1) is 24.2. The number of fused-ring (bicyclic) bond motifs is 1. The summed E-state index contributed by atoms with van der Waals surface area (Å²) >= 11 is 0. The molecule has 0 radical (unpaired) electrons. The van der Waals surface area contributed by atoms with Gasteiger partial charge >= 0.3 is 0 Å². The number of amides is 1. The smallest absolute Gasteiger partial charge is 0.243 e.